The predicted molar refractivity (Wildman–Crippen MR) is 83.0 cm³/mol. The predicted octanol–water partition coefficient (Wildman–Crippen LogP) is 3.97. The van der Waals surface area contributed by atoms with E-state index in [0.717, 1.165) is 38.2 Å². The van der Waals surface area contributed by atoms with Crippen molar-refractivity contribution in [2.75, 3.05) is 13.2 Å². The zero-order valence-corrected chi connectivity index (χ0v) is 13.2. The fourth-order valence-corrected chi connectivity index (χ4v) is 2.17. The Labute approximate surface area is 118 Å². The first-order valence-corrected chi connectivity index (χ1v) is 7.37. The van der Waals surface area contributed by atoms with Crippen LogP contribution in [0.25, 0.3) is 0 Å². The topological polar surface area (TPSA) is 35.2 Å². The van der Waals surface area contributed by atoms with Crippen molar-refractivity contribution < 1.29 is 4.74 Å². The van der Waals surface area contributed by atoms with Crippen molar-refractivity contribution >= 4 is 0 Å². The van der Waals surface area contributed by atoms with Crippen molar-refractivity contribution in [3.8, 4) is 5.75 Å². The Bertz CT molecular complexity index is 404. The molecule has 108 valence electrons. The van der Waals surface area contributed by atoms with E-state index in [1.165, 1.54) is 16.7 Å². The molecule has 0 amide bonds. The van der Waals surface area contributed by atoms with Gasteiger partial charge in [-0.05, 0) is 54.8 Å². The molecule has 0 spiro atoms. The van der Waals surface area contributed by atoms with Crippen molar-refractivity contribution in [2.24, 2.45) is 5.73 Å². The van der Waals surface area contributed by atoms with Gasteiger partial charge in [0.1, 0.15) is 5.75 Å². The Morgan fingerprint density at radius 1 is 1.16 bits per heavy atom. The Morgan fingerprint density at radius 3 is 2.37 bits per heavy atom. The molecule has 0 saturated carbocycles. The molecule has 0 atom stereocenters. The maximum atomic E-state index is 5.97. The molecule has 0 bridgehead atoms. The molecule has 0 heterocycles. The quantitative estimate of drug-likeness (QED) is 0.788. The van der Waals surface area contributed by atoms with Gasteiger partial charge in [-0.1, -0.05) is 39.8 Å². The third kappa shape index (κ3) is 4.54. The zero-order valence-electron chi connectivity index (χ0n) is 13.2. The molecule has 1 aromatic carbocycles. The zero-order chi connectivity index (χ0) is 14.5. The van der Waals surface area contributed by atoms with Crippen LogP contribution in [0.5, 0.6) is 5.75 Å². The summed E-state index contributed by atoms with van der Waals surface area (Å²) >= 11 is 0. The van der Waals surface area contributed by atoms with Crippen LogP contribution in [-0.2, 0) is 11.8 Å². The highest BCUT2D eigenvalue weighted by Gasteiger charge is 2.17. The summed E-state index contributed by atoms with van der Waals surface area (Å²) < 4.78 is 5.97. The van der Waals surface area contributed by atoms with Crippen LogP contribution in [0.1, 0.15) is 57.2 Å². The van der Waals surface area contributed by atoms with Crippen molar-refractivity contribution in [3.63, 3.8) is 0 Å². The van der Waals surface area contributed by atoms with E-state index in [-0.39, 0.29) is 5.41 Å². The second kappa shape index (κ2) is 6.95. The second-order valence-electron chi connectivity index (χ2n) is 6.23. The molecule has 0 unspecified atom stereocenters. The molecule has 2 nitrogen and oxygen atoms in total. The first-order valence-electron chi connectivity index (χ1n) is 7.37. The maximum Gasteiger partial charge on any atom is 0.125 e. The summed E-state index contributed by atoms with van der Waals surface area (Å²) in [5.74, 6) is 1.08. The molecule has 19 heavy (non-hydrogen) atoms. The minimum absolute atomic E-state index is 0.187. The molecule has 1 rings (SSSR count). The van der Waals surface area contributed by atoms with Crippen LogP contribution in [0.4, 0.5) is 0 Å². The molecule has 0 radical (unpaired) electrons. The van der Waals surface area contributed by atoms with E-state index >= 15 is 0 Å². The molecular weight excluding hydrogens is 234 g/mol. The molecule has 0 saturated heterocycles. The molecule has 0 aromatic heterocycles. The van der Waals surface area contributed by atoms with Gasteiger partial charge in [0.05, 0.1) is 6.61 Å². The molecule has 0 fully saturated rings. The maximum absolute atomic E-state index is 5.97. The van der Waals surface area contributed by atoms with Gasteiger partial charge in [0.15, 0.2) is 0 Å². The van der Waals surface area contributed by atoms with Crippen molar-refractivity contribution in [2.45, 2.75) is 59.3 Å². The fourth-order valence-electron chi connectivity index (χ4n) is 2.17. The summed E-state index contributed by atoms with van der Waals surface area (Å²) in [7, 11) is 0. The summed E-state index contributed by atoms with van der Waals surface area (Å²) in [5, 5.41) is 0. The van der Waals surface area contributed by atoms with Gasteiger partial charge >= 0.3 is 0 Å². The summed E-state index contributed by atoms with van der Waals surface area (Å²) in [6, 6.07) is 4.56. The Kier molecular flexibility index (Phi) is 5.86. The van der Waals surface area contributed by atoms with E-state index in [1.54, 1.807) is 0 Å². The highest BCUT2D eigenvalue weighted by Crippen LogP contribution is 2.31. The van der Waals surface area contributed by atoms with E-state index in [2.05, 4.69) is 46.8 Å². The number of hydrogen-bond acceptors (Lipinski definition) is 2. The standard InChI is InChI=1S/C17H29NO/c1-6-14-12-15(17(3,4)5)11-13(2)16(14)19-10-8-7-9-18/h11-12H,6-10,18H2,1-5H3. The minimum atomic E-state index is 0.187. The Balaban J connectivity index is 2.92. The van der Waals surface area contributed by atoms with Crippen LogP contribution in [-0.4, -0.2) is 13.2 Å². The van der Waals surface area contributed by atoms with Crippen molar-refractivity contribution in [1.82, 2.24) is 0 Å². The number of nitrogens with two attached hydrogens (primary N) is 1. The lowest BCUT2D eigenvalue weighted by molar-refractivity contribution is 0.302. The lowest BCUT2D eigenvalue weighted by atomic mass is 9.84. The van der Waals surface area contributed by atoms with Gasteiger partial charge in [0.25, 0.3) is 0 Å². The Morgan fingerprint density at radius 2 is 1.84 bits per heavy atom. The van der Waals surface area contributed by atoms with Crippen LogP contribution >= 0.6 is 0 Å². The molecule has 0 aliphatic rings. The van der Waals surface area contributed by atoms with Crippen molar-refractivity contribution in [1.29, 1.82) is 0 Å². The fraction of sp³-hybridized carbons (Fsp3) is 0.647. The smallest absolute Gasteiger partial charge is 0.125 e. The summed E-state index contributed by atoms with van der Waals surface area (Å²) in [6.07, 6.45) is 3.07. The molecule has 0 aliphatic carbocycles. The van der Waals surface area contributed by atoms with E-state index in [4.69, 9.17) is 10.5 Å². The van der Waals surface area contributed by atoms with Gasteiger partial charge in [-0.3, -0.25) is 0 Å². The molecular formula is C17H29NO. The van der Waals surface area contributed by atoms with Gasteiger partial charge in [-0.2, -0.15) is 0 Å². The molecule has 0 aliphatic heterocycles. The van der Waals surface area contributed by atoms with E-state index < -0.39 is 0 Å². The largest absolute Gasteiger partial charge is 0.493 e. The third-order valence-corrected chi connectivity index (χ3v) is 3.44. The third-order valence-electron chi connectivity index (χ3n) is 3.44. The second-order valence-corrected chi connectivity index (χ2v) is 6.23. The molecule has 2 N–H and O–H groups in total. The first kappa shape index (κ1) is 16.0. The van der Waals surface area contributed by atoms with Crippen LogP contribution in [0.15, 0.2) is 12.1 Å². The van der Waals surface area contributed by atoms with Gasteiger partial charge in [0, 0.05) is 0 Å². The van der Waals surface area contributed by atoms with Crippen LogP contribution in [0.2, 0.25) is 0 Å². The normalized spacial score (nSPS) is 11.7. The number of ether oxygens (including phenoxy) is 1. The summed E-state index contributed by atoms with van der Waals surface area (Å²) in [4.78, 5) is 0. The SMILES string of the molecule is CCc1cc(C(C)(C)C)cc(C)c1OCCCCN. The first-order chi connectivity index (χ1) is 8.90. The van der Waals surface area contributed by atoms with E-state index in [1.807, 2.05) is 0 Å². The van der Waals surface area contributed by atoms with Crippen LogP contribution < -0.4 is 10.5 Å². The summed E-state index contributed by atoms with van der Waals surface area (Å²) in [6.45, 7) is 12.6. The highest BCUT2D eigenvalue weighted by molar-refractivity contribution is 5.46. The number of benzene rings is 1. The van der Waals surface area contributed by atoms with Crippen molar-refractivity contribution in [3.05, 3.63) is 28.8 Å². The monoisotopic (exact) mass is 263 g/mol. The van der Waals surface area contributed by atoms with Gasteiger partial charge < -0.3 is 10.5 Å². The van der Waals surface area contributed by atoms with Gasteiger partial charge in [0.2, 0.25) is 0 Å². The summed E-state index contributed by atoms with van der Waals surface area (Å²) in [5.41, 5.74) is 9.64. The highest BCUT2D eigenvalue weighted by atomic mass is 16.5. The average molecular weight is 263 g/mol. The number of hydrogen-bond donors (Lipinski definition) is 1. The van der Waals surface area contributed by atoms with Crippen LogP contribution in [0, 0.1) is 6.92 Å². The number of rotatable bonds is 6. The number of unbranched alkanes of at least 4 members (excludes halogenated alkanes) is 1. The lowest BCUT2D eigenvalue weighted by Gasteiger charge is -2.23. The van der Waals surface area contributed by atoms with E-state index in [0.29, 0.717) is 0 Å². The van der Waals surface area contributed by atoms with E-state index in [9.17, 15) is 0 Å². The molecule has 1 aromatic rings. The minimum Gasteiger partial charge on any atom is -0.493 e. The van der Waals surface area contributed by atoms with Gasteiger partial charge in [-0.15, -0.1) is 0 Å². The Hall–Kier alpha value is -1.02. The van der Waals surface area contributed by atoms with Crippen LogP contribution in [0.3, 0.4) is 0 Å². The number of aryl methyl sites for hydroxylation is 2. The van der Waals surface area contributed by atoms with Gasteiger partial charge in [-0.25, -0.2) is 0 Å². The molecule has 2 heteroatoms. The lowest BCUT2D eigenvalue weighted by Crippen LogP contribution is -2.13. The average Bonchev–Trinajstić information content (AvgIpc) is 2.34.